The maximum Gasteiger partial charge on any atom is 0.266 e. The molecule has 1 aliphatic rings. The zero-order valence-electron chi connectivity index (χ0n) is 14.4. The highest BCUT2D eigenvalue weighted by atomic mass is 19.3. The number of halogens is 2. The second kappa shape index (κ2) is 9.85. The highest BCUT2D eigenvalue weighted by Crippen LogP contribution is 2.36. The van der Waals surface area contributed by atoms with Gasteiger partial charge in [0, 0.05) is 0 Å². The number of allylic oxidation sites excluding steroid dienone is 1. The Kier molecular flexibility index (Phi) is 7.78. The summed E-state index contributed by atoms with van der Waals surface area (Å²) < 4.78 is 24.6. The van der Waals surface area contributed by atoms with Gasteiger partial charge in [-0.15, -0.1) is 0 Å². The Morgan fingerprint density at radius 3 is 2.22 bits per heavy atom. The third-order valence-corrected chi connectivity index (χ3v) is 5.15. The lowest BCUT2D eigenvalue weighted by Crippen LogP contribution is -2.11. The predicted molar refractivity (Wildman–Crippen MR) is 93.9 cm³/mol. The Morgan fingerprint density at radius 2 is 1.61 bits per heavy atom. The minimum Gasteiger partial charge on any atom is -0.174 e. The lowest BCUT2D eigenvalue weighted by Gasteiger charge is -2.27. The minimum atomic E-state index is -1.52. The predicted octanol–water partition coefficient (Wildman–Crippen LogP) is 7.25. The summed E-state index contributed by atoms with van der Waals surface area (Å²) in [4.78, 5) is 0. The van der Waals surface area contributed by atoms with Crippen molar-refractivity contribution in [2.75, 3.05) is 0 Å². The average molecular weight is 320 g/mol. The monoisotopic (exact) mass is 320 g/mol. The molecule has 0 heterocycles. The van der Waals surface area contributed by atoms with Gasteiger partial charge in [-0.1, -0.05) is 56.9 Å². The fourth-order valence-corrected chi connectivity index (χ4v) is 3.69. The standard InChI is InChI=1S/C21H30F2/c1-2-3-4-5-6-7-17-8-12-19(13-9-17)20-14-10-18(11-15-20)16-21(22)23/h8-9,12-13,16,18,20H,2-7,10-11,14-15H2,1H3. The van der Waals surface area contributed by atoms with Crippen molar-refractivity contribution in [3.8, 4) is 0 Å². The van der Waals surface area contributed by atoms with Crippen molar-refractivity contribution >= 4 is 0 Å². The SMILES string of the molecule is CCCCCCCc1ccc(C2CCC(C=C(F)F)CC2)cc1. The Labute approximate surface area is 140 Å². The van der Waals surface area contributed by atoms with Crippen LogP contribution >= 0.6 is 0 Å². The summed E-state index contributed by atoms with van der Waals surface area (Å²) in [6.45, 7) is 2.25. The van der Waals surface area contributed by atoms with Crippen LogP contribution in [0.1, 0.15) is 81.8 Å². The van der Waals surface area contributed by atoms with Crippen LogP contribution in [0.4, 0.5) is 8.78 Å². The topological polar surface area (TPSA) is 0 Å². The molecule has 0 saturated heterocycles. The molecular formula is C21H30F2. The van der Waals surface area contributed by atoms with Crippen LogP contribution in [-0.4, -0.2) is 0 Å². The second-order valence-corrected chi connectivity index (χ2v) is 6.97. The molecular weight excluding hydrogens is 290 g/mol. The maximum absolute atomic E-state index is 12.3. The lowest BCUT2D eigenvalue weighted by molar-refractivity contribution is 0.351. The molecule has 0 atom stereocenters. The first-order valence-corrected chi connectivity index (χ1v) is 9.30. The van der Waals surface area contributed by atoms with Crippen LogP contribution < -0.4 is 0 Å². The Bertz CT molecular complexity index is 463. The molecule has 2 heteroatoms. The van der Waals surface area contributed by atoms with E-state index in [1.165, 1.54) is 49.7 Å². The van der Waals surface area contributed by atoms with E-state index in [0.29, 0.717) is 5.92 Å². The van der Waals surface area contributed by atoms with E-state index in [9.17, 15) is 8.78 Å². The molecule has 0 unspecified atom stereocenters. The van der Waals surface area contributed by atoms with Gasteiger partial charge in [0.15, 0.2) is 0 Å². The van der Waals surface area contributed by atoms with Crippen molar-refractivity contribution in [2.24, 2.45) is 5.92 Å². The first-order valence-electron chi connectivity index (χ1n) is 9.30. The molecule has 0 spiro atoms. The van der Waals surface area contributed by atoms with Crippen molar-refractivity contribution in [3.05, 3.63) is 47.5 Å². The van der Waals surface area contributed by atoms with E-state index in [-0.39, 0.29) is 5.92 Å². The van der Waals surface area contributed by atoms with Gasteiger partial charge in [-0.25, -0.2) is 0 Å². The average Bonchev–Trinajstić information content (AvgIpc) is 2.55. The lowest BCUT2D eigenvalue weighted by atomic mass is 9.78. The number of aryl methyl sites for hydroxylation is 1. The largest absolute Gasteiger partial charge is 0.266 e. The molecule has 1 aliphatic carbocycles. The zero-order chi connectivity index (χ0) is 16.5. The summed E-state index contributed by atoms with van der Waals surface area (Å²) in [6.07, 6.45) is 11.3. The first-order chi connectivity index (χ1) is 11.2. The molecule has 0 aromatic heterocycles. The van der Waals surface area contributed by atoms with Gasteiger partial charge in [0.25, 0.3) is 6.08 Å². The van der Waals surface area contributed by atoms with Crippen molar-refractivity contribution in [1.29, 1.82) is 0 Å². The van der Waals surface area contributed by atoms with E-state index in [1.807, 2.05) is 0 Å². The smallest absolute Gasteiger partial charge is 0.174 e. The molecule has 0 N–H and O–H groups in total. The van der Waals surface area contributed by atoms with Gasteiger partial charge in [-0.2, -0.15) is 8.78 Å². The molecule has 0 nitrogen and oxygen atoms in total. The van der Waals surface area contributed by atoms with Crippen LogP contribution in [0.15, 0.2) is 36.4 Å². The third kappa shape index (κ3) is 6.45. The van der Waals surface area contributed by atoms with E-state index >= 15 is 0 Å². The Balaban J connectivity index is 1.76. The molecule has 0 bridgehead atoms. The van der Waals surface area contributed by atoms with E-state index < -0.39 is 6.08 Å². The summed E-state index contributed by atoms with van der Waals surface area (Å²) in [5.74, 6) is 0.638. The van der Waals surface area contributed by atoms with Gasteiger partial charge in [0.05, 0.1) is 0 Å². The molecule has 0 radical (unpaired) electrons. The summed E-state index contributed by atoms with van der Waals surface area (Å²) >= 11 is 0. The van der Waals surface area contributed by atoms with E-state index in [0.717, 1.165) is 31.8 Å². The van der Waals surface area contributed by atoms with Crippen LogP contribution in [-0.2, 0) is 6.42 Å². The van der Waals surface area contributed by atoms with Crippen LogP contribution in [0, 0.1) is 5.92 Å². The molecule has 0 amide bonds. The number of benzene rings is 1. The van der Waals surface area contributed by atoms with E-state index in [2.05, 4.69) is 31.2 Å². The highest BCUT2D eigenvalue weighted by Gasteiger charge is 2.21. The fourth-order valence-electron chi connectivity index (χ4n) is 3.69. The van der Waals surface area contributed by atoms with Crippen molar-refractivity contribution < 1.29 is 8.78 Å². The molecule has 0 aliphatic heterocycles. The molecule has 1 aromatic carbocycles. The fraction of sp³-hybridized carbons (Fsp3) is 0.619. The summed E-state index contributed by atoms with van der Waals surface area (Å²) in [5, 5.41) is 0. The van der Waals surface area contributed by atoms with Gasteiger partial charge < -0.3 is 0 Å². The zero-order valence-corrected chi connectivity index (χ0v) is 14.4. The van der Waals surface area contributed by atoms with Crippen molar-refractivity contribution in [2.45, 2.75) is 77.0 Å². The minimum absolute atomic E-state index is 0.0821. The summed E-state index contributed by atoms with van der Waals surface area (Å²) in [7, 11) is 0. The van der Waals surface area contributed by atoms with Crippen LogP contribution in [0.5, 0.6) is 0 Å². The van der Waals surface area contributed by atoms with Gasteiger partial charge in [0.2, 0.25) is 0 Å². The number of hydrogen-bond acceptors (Lipinski definition) is 0. The molecule has 23 heavy (non-hydrogen) atoms. The molecule has 128 valence electrons. The van der Waals surface area contributed by atoms with Crippen LogP contribution in [0.3, 0.4) is 0 Å². The van der Waals surface area contributed by atoms with E-state index in [1.54, 1.807) is 0 Å². The van der Waals surface area contributed by atoms with Crippen LogP contribution in [0.25, 0.3) is 0 Å². The van der Waals surface area contributed by atoms with Gasteiger partial charge >= 0.3 is 0 Å². The number of rotatable bonds is 8. The quantitative estimate of drug-likeness (QED) is 0.442. The highest BCUT2D eigenvalue weighted by molar-refractivity contribution is 5.26. The molecule has 2 rings (SSSR count). The second-order valence-electron chi connectivity index (χ2n) is 6.97. The van der Waals surface area contributed by atoms with Gasteiger partial charge in [-0.05, 0) is 67.6 Å². The van der Waals surface area contributed by atoms with Crippen molar-refractivity contribution in [3.63, 3.8) is 0 Å². The summed E-state index contributed by atoms with van der Waals surface area (Å²) in [6, 6.07) is 9.06. The third-order valence-electron chi connectivity index (χ3n) is 5.15. The molecule has 1 fully saturated rings. The van der Waals surface area contributed by atoms with Crippen LogP contribution in [0.2, 0.25) is 0 Å². The number of hydrogen-bond donors (Lipinski definition) is 0. The number of unbranched alkanes of at least 4 members (excludes halogenated alkanes) is 4. The Morgan fingerprint density at radius 1 is 0.957 bits per heavy atom. The first kappa shape index (κ1) is 18.2. The van der Waals surface area contributed by atoms with E-state index in [4.69, 9.17) is 0 Å². The molecule has 1 saturated carbocycles. The van der Waals surface area contributed by atoms with Gasteiger partial charge in [0.1, 0.15) is 0 Å². The van der Waals surface area contributed by atoms with Gasteiger partial charge in [-0.3, -0.25) is 0 Å². The normalized spacial score (nSPS) is 21.2. The van der Waals surface area contributed by atoms with Crippen molar-refractivity contribution in [1.82, 2.24) is 0 Å². The maximum atomic E-state index is 12.3. The summed E-state index contributed by atoms with van der Waals surface area (Å²) in [5.41, 5.74) is 2.82. The Hall–Kier alpha value is -1.18. The molecule has 1 aromatic rings.